The monoisotopic (exact) mass is 290 g/mol. The van der Waals surface area contributed by atoms with Crippen LogP contribution in [0.3, 0.4) is 0 Å². The average Bonchev–Trinajstić information content (AvgIpc) is 2.91. The van der Waals surface area contributed by atoms with Crippen molar-refractivity contribution in [2.75, 3.05) is 13.1 Å². The van der Waals surface area contributed by atoms with Gasteiger partial charge in [0, 0.05) is 10.6 Å². The molecule has 1 aliphatic rings. The molecule has 1 saturated heterocycles. The maximum absolute atomic E-state index is 5.89. The van der Waals surface area contributed by atoms with Crippen molar-refractivity contribution < 1.29 is 4.42 Å². The normalized spacial score (nSPS) is 17.5. The Balaban J connectivity index is 1.66. The van der Waals surface area contributed by atoms with E-state index < -0.39 is 0 Å². The molecule has 1 fully saturated rings. The number of hydrogen-bond donors (Lipinski definition) is 0. The summed E-state index contributed by atoms with van der Waals surface area (Å²) in [5.74, 6) is 2.45. The topological polar surface area (TPSA) is 29.3 Å². The molecule has 20 heavy (non-hydrogen) atoms. The standard InChI is InChI=1S/C16H19ClN2O/c1-12-6-8-19(9-7-12)11-16-18-10-15(20-16)13-2-4-14(17)5-3-13/h2-5,10,12H,6-9,11H2,1H3. The lowest BCUT2D eigenvalue weighted by Gasteiger charge is -2.28. The molecule has 0 spiro atoms. The van der Waals surface area contributed by atoms with Gasteiger partial charge in [-0.15, -0.1) is 0 Å². The van der Waals surface area contributed by atoms with Gasteiger partial charge < -0.3 is 4.42 Å². The lowest BCUT2D eigenvalue weighted by atomic mass is 9.99. The van der Waals surface area contributed by atoms with Crippen LogP contribution in [0.2, 0.25) is 5.02 Å². The molecule has 3 nitrogen and oxygen atoms in total. The van der Waals surface area contributed by atoms with Crippen LogP contribution in [-0.4, -0.2) is 23.0 Å². The van der Waals surface area contributed by atoms with Crippen molar-refractivity contribution >= 4 is 11.6 Å². The molecule has 0 amide bonds. The fourth-order valence-corrected chi connectivity index (χ4v) is 2.67. The minimum Gasteiger partial charge on any atom is -0.439 e. The Morgan fingerprint density at radius 3 is 2.65 bits per heavy atom. The minimum absolute atomic E-state index is 0.732. The number of hydrogen-bond acceptors (Lipinski definition) is 3. The quantitative estimate of drug-likeness (QED) is 0.847. The molecule has 0 atom stereocenters. The molecular formula is C16H19ClN2O. The molecule has 1 aliphatic heterocycles. The van der Waals surface area contributed by atoms with E-state index >= 15 is 0 Å². The van der Waals surface area contributed by atoms with Gasteiger partial charge in [-0.25, -0.2) is 4.98 Å². The summed E-state index contributed by atoms with van der Waals surface area (Å²) in [7, 11) is 0. The molecule has 1 aromatic heterocycles. The number of halogens is 1. The summed E-state index contributed by atoms with van der Waals surface area (Å²) >= 11 is 5.89. The number of piperidine rings is 1. The Hall–Kier alpha value is -1.32. The third-order valence-corrected chi connectivity index (χ3v) is 4.17. The molecule has 0 unspecified atom stereocenters. The van der Waals surface area contributed by atoms with Crippen molar-refractivity contribution in [1.82, 2.24) is 9.88 Å². The highest BCUT2D eigenvalue weighted by atomic mass is 35.5. The summed E-state index contributed by atoms with van der Waals surface area (Å²) in [6.07, 6.45) is 4.33. The van der Waals surface area contributed by atoms with Gasteiger partial charge in [-0.3, -0.25) is 4.90 Å². The summed E-state index contributed by atoms with van der Waals surface area (Å²) in [4.78, 5) is 6.80. The fourth-order valence-electron chi connectivity index (χ4n) is 2.54. The van der Waals surface area contributed by atoms with Crippen molar-refractivity contribution in [3.63, 3.8) is 0 Å². The second kappa shape index (κ2) is 5.98. The molecule has 0 radical (unpaired) electrons. The summed E-state index contributed by atoms with van der Waals surface area (Å²) < 4.78 is 5.84. The first-order valence-electron chi connectivity index (χ1n) is 7.14. The van der Waals surface area contributed by atoms with Gasteiger partial charge in [0.15, 0.2) is 5.76 Å². The molecule has 0 saturated carbocycles. The van der Waals surface area contributed by atoms with Crippen molar-refractivity contribution in [2.24, 2.45) is 5.92 Å². The van der Waals surface area contributed by atoms with Crippen molar-refractivity contribution in [3.8, 4) is 11.3 Å². The van der Waals surface area contributed by atoms with E-state index in [1.807, 2.05) is 24.3 Å². The number of oxazole rings is 1. The largest absolute Gasteiger partial charge is 0.439 e. The highest BCUT2D eigenvalue weighted by molar-refractivity contribution is 6.30. The third kappa shape index (κ3) is 3.22. The zero-order chi connectivity index (χ0) is 13.9. The van der Waals surface area contributed by atoms with Gasteiger partial charge in [-0.2, -0.15) is 0 Å². The van der Waals surface area contributed by atoms with Crippen LogP contribution >= 0.6 is 11.6 Å². The van der Waals surface area contributed by atoms with Gasteiger partial charge in [0.25, 0.3) is 0 Å². The Labute approximate surface area is 124 Å². The van der Waals surface area contributed by atoms with Crippen LogP contribution in [0.1, 0.15) is 25.7 Å². The predicted octanol–water partition coefficient (Wildman–Crippen LogP) is 4.23. The van der Waals surface area contributed by atoms with Crippen molar-refractivity contribution in [2.45, 2.75) is 26.3 Å². The van der Waals surface area contributed by atoms with Crippen LogP contribution in [-0.2, 0) is 6.54 Å². The molecular weight excluding hydrogens is 272 g/mol. The van der Waals surface area contributed by atoms with E-state index in [0.717, 1.165) is 47.8 Å². The van der Waals surface area contributed by atoms with E-state index in [4.69, 9.17) is 16.0 Å². The highest BCUT2D eigenvalue weighted by Crippen LogP contribution is 2.24. The maximum atomic E-state index is 5.89. The van der Waals surface area contributed by atoms with Gasteiger partial charge in [0.05, 0.1) is 12.7 Å². The van der Waals surface area contributed by atoms with Crippen LogP contribution in [0, 0.1) is 5.92 Å². The Bertz CT molecular complexity index is 556. The first-order chi connectivity index (χ1) is 9.70. The highest BCUT2D eigenvalue weighted by Gasteiger charge is 2.17. The zero-order valence-corrected chi connectivity index (χ0v) is 12.4. The van der Waals surface area contributed by atoms with Crippen molar-refractivity contribution in [1.29, 1.82) is 0 Å². The number of aromatic nitrogens is 1. The SMILES string of the molecule is CC1CCN(Cc2ncc(-c3ccc(Cl)cc3)o2)CC1. The Kier molecular flexibility index (Phi) is 4.08. The van der Waals surface area contributed by atoms with Gasteiger partial charge in [0.1, 0.15) is 0 Å². The van der Waals surface area contributed by atoms with Crippen LogP contribution in [0.5, 0.6) is 0 Å². The van der Waals surface area contributed by atoms with E-state index in [1.54, 1.807) is 6.20 Å². The Morgan fingerprint density at radius 1 is 1.25 bits per heavy atom. The summed E-state index contributed by atoms with van der Waals surface area (Å²) in [6, 6.07) is 7.64. The minimum atomic E-state index is 0.732. The smallest absolute Gasteiger partial charge is 0.209 e. The van der Waals surface area contributed by atoms with E-state index in [9.17, 15) is 0 Å². The first kappa shape index (κ1) is 13.7. The number of likely N-dealkylation sites (tertiary alicyclic amines) is 1. The van der Waals surface area contributed by atoms with E-state index in [2.05, 4.69) is 16.8 Å². The van der Waals surface area contributed by atoms with Crippen molar-refractivity contribution in [3.05, 3.63) is 41.4 Å². The number of nitrogens with zero attached hydrogens (tertiary/aromatic N) is 2. The molecule has 0 N–H and O–H groups in total. The molecule has 1 aromatic carbocycles. The van der Waals surface area contributed by atoms with E-state index in [0.29, 0.717) is 0 Å². The van der Waals surface area contributed by atoms with Gasteiger partial charge in [-0.1, -0.05) is 18.5 Å². The van der Waals surface area contributed by atoms with E-state index in [-0.39, 0.29) is 0 Å². The molecule has 106 valence electrons. The maximum Gasteiger partial charge on any atom is 0.209 e. The van der Waals surface area contributed by atoms with E-state index in [1.165, 1.54) is 12.8 Å². The van der Waals surface area contributed by atoms with Crippen LogP contribution in [0.25, 0.3) is 11.3 Å². The summed E-state index contributed by atoms with van der Waals surface area (Å²) in [5, 5.41) is 0.732. The number of benzene rings is 1. The zero-order valence-electron chi connectivity index (χ0n) is 11.7. The van der Waals surface area contributed by atoms with Gasteiger partial charge in [0.2, 0.25) is 5.89 Å². The third-order valence-electron chi connectivity index (χ3n) is 3.92. The van der Waals surface area contributed by atoms with Crippen LogP contribution in [0.4, 0.5) is 0 Å². The lowest BCUT2D eigenvalue weighted by molar-refractivity contribution is 0.171. The second-order valence-corrected chi connectivity index (χ2v) is 6.02. The molecule has 0 aliphatic carbocycles. The van der Waals surface area contributed by atoms with Gasteiger partial charge in [-0.05, 0) is 56.1 Å². The predicted molar refractivity (Wildman–Crippen MR) is 80.6 cm³/mol. The fraction of sp³-hybridized carbons (Fsp3) is 0.438. The average molecular weight is 291 g/mol. The molecule has 4 heteroatoms. The van der Waals surface area contributed by atoms with Gasteiger partial charge >= 0.3 is 0 Å². The number of rotatable bonds is 3. The molecule has 3 rings (SSSR count). The molecule has 2 aromatic rings. The Morgan fingerprint density at radius 2 is 1.95 bits per heavy atom. The molecule has 2 heterocycles. The summed E-state index contributed by atoms with van der Waals surface area (Å²) in [6.45, 7) is 5.40. The van der Waals surface area contributed by atoms with Crippen LogP contribution in [0.15, 0.2) is 34.9 Å². The first-order valence-corrected chi connectivity index (χ1v) is 7.51. The lowest BCUT2D eigenvalue weighted by Crippen LogP contribution is -2.32. The van der Waals surface area contributed by atoms with Crippen LogP contribution < -0.4 is 0 Å². The molecule has 0 bridgehead atoms. The summed E-state index contributed by atoms with van der Waals surface area (Å²) in [5.41, 5.74) is 1.01. The second-order valence-electron chi connectivity index (χ2n) is 5.58.